The third kappa shape index (κ3) is 4.68. The summed E-state index contributed by atoms with van der Waals surface area (Å²) in [6, 6.07) is 10.0. The van der Waals surface area contributed by atoms with Crippen molar-refractivity contribution in [2.24, 2.45) is 0 Å². The third-order valence-corrected chi connectivity index (χ3v) is 6.72. The minimum absolute atomic E-state index is 0.00605. The van der Waals surface area contributed by atoms with E-state index in [9.17, 15) is 9.59 Å². The predicted molar refractivity (Wildman–Crippen MR) is 119 cm³/mol. The number of hydrogen-bond donors (Lipinski definition) is 0. The average Bonchev–Trinajstić information content (AvgIpc) is 3.22. The van der Waals surface area contributed by atoms with Gasteiger partial charge in [-0.1, -0.05) is 37.3 Å². The van der Waals surface area contributed by atoms with Crippen LogP contribution in [0.5, 0.6) is 0 Å². The minimum Gasteiger partial charge on any atom is -0.445 e. The fourth-order valence-electron chi connectivity index (χ4n) is 4.84. The van der Waals surface area contributed by atoms with Crippen LogP contribution in [0.1, 0.15) is 85.0 Å². The minimum atomic E-state index is -0.0875. The smallest absolute Gasteiger partial charge is 0.276 e. The van der Waals surface area contributed by atoms with E-state index in [1.807, 2.05) is 47.1 Å². The van der Waals surface area contributed by atoms with Crippen LogP contribution in [0.4, 0.5) is 0 Å². The molecule has 166 valence electrons. The van der Waals surface area contributed by atoms with Gasteiger partial charge in [-0.05, 0) is 51.0 Å². The SMILES string of the molecule is CC[C@H](C(=O)N1CCC(c2nc(C(=O)N3CCCCC3)c(C)o2)CC1)c1ccccc1. The molecule has 2 saturated heterocycles. The van der Waals surface area contributed by atoms with Crippen LogP contribution in [0.25, 0.3) is 0 Å². The Labute approximate surface area is 184 Å². The molecule has 1 aromatic heterocycles. The number of nitrogens with zero attached hydrogens (tertiary/aromatic N) is 3. The first-order chi connectivity index (χ1) is 15.1. The summed E-state index contributed by atoms with van der Waals surface area (Å²) in [6.07, 6.45) is 5.73. The fourth-order valence-corrected chi connectivity index (χ4v) is 4.84. The molecule has 2 aromatic rings. The van der Waals surface area contributed by atoms with E-state index >= 15 is 0 Å². The number of carbonyl (C=O) groups is 2. The maximum absolute atomic E-state index is 13.1. The van der Waals surface area contributed by atoms with Crippen molar-refractivity contribution in [1.29, 1.82) is 0 Å². The lowest BCUT2D eigenvalue weighted by Crippen LogP contribution is -2.40. The largest absolute Gasteiger partial charge is 0.445 e. The molecule has 2 amide bonds. The zero-order chi connectivity index (χ0) is 21.8. The van der Waals surface area contributed by atoms with Gasteiger partial charge in [0.25, 0.3) is 5.91 Å². The van der Waals surface area contributed by atoms with Crippen LogP contribution in [0, 0.1) is 6.92 Å². The molecule has 2 aliphatic rings. The number of hydrogen-bond acceptors (Lipinski definition) is 4. The van der Waals surface area contributed by atoms with Crippen molar-refractivity contribution >= 4 is 11.8 Å². The van der Waals surface area contributed by atoms with Crippen LogP contribution in [0.15, 0.2) is 34.7 Å². The molecule has 0 spiro atoms. The number of aromatic nitrogens is 1. The molecule has 3 heterocycles. The molecule has 0 saturated carbocycles. The lowest BCUT2D eigenvalue weighted by molar-refractivity contribution is -0.134. The van der Waals surface area contributed by atoms with E-state index in [4.69, 9.17) is 4.42 Å². The van der Waals surface area contributed by atoms with Gasteiger partial charge >= 0.3 is 0 Å². The number of amides is 2. The summed E-state index contributed by atoms with van der Waals surface area (Å²) in [4.78, 5) is 34.5. The van der Waals surface area contributed by atoms with Gasteiger partial charge in [-0.2, -0.15) is 0 Å². The van der Waals surface area contributed by atoms with Crippen LogP contribution >= 0.6 is 0 Å². The first-order valence-corrected chi connectivity index (χ1v) is 11.7. The van der Waals surface area contributed by atoms with Crippen molar-refractivity contribution in [1.82, 2.24) is 14.8 Å². The summed E-state index contributed by atoms with van der Waals surface area (Å²) in [7, 11) is 0. The molecule has 4 rings (SSSR count). The van der Waals surface area contributed by atoms with E-state index < -0.39 is 0 Å². The maximum atomic E-state index is 13.1. The maximum Gasteiger partial charge on any atom is 0.276 e. The lowest BCUT2D eigenvalue weighted by Gasteiger charge is -2.33. The Morgan fingerprint density at radius 1 is 1.03 bits per heavy atom. The zero-order valence-electron chi connectivity index (χ0n) is 18.7. The van der Waals surface area contributed by atoms with Gasteiger partial charge in [-0.15, -0.1) is 0 Å². The molecule has 6 heteroatoms. The summed E-state index contributed by atoms with van der Waals surface area (Å²) in [5.74, 6) is 1.53. The van der Waals surface area contributed by atoms with Crippen molar-refractivity contribution < 1.29 is 14.0 Å². The number of carbonyl (C=O) groups excluding carboxylic acids is 2. The number of rotatable bonds is 5. The molecule has 6 nitrogen and oxygen atoms in total. The van der Waals surface area contributed by atoms with Crippen molar-refractivity contribution in [3.05, 3.63) is 53.2 Å². The Bertz CT molecular complexity index is 894. The van der Waals surface area contributed by atoms with Gasteiger partial charge in [0.2, 0.25) is 5.91 Å². The molecule has 0 unspecified atom stereocenters. The molecule has 1 aromatic carbocycles. The Balaban J connectivity index is 1.38. The number of piperidine rings is 2. The van der Waals surface area contributed by atoms with Crippen molar-refractivity contribution in [3.8, 4) is 0 Å². The standard InChI is InChI=1S/C25H33N3O3/c1-3-21(19-10-6-4-7-11-19)24(29)28-16-12-20(13-17-28)23-26-22(18(2)31-23)25(30)27-14-8-5-9-15-27/h4,6-7,10-11,20-21H,3,5,8-9,12-17H2,1-2H3/t21-/m0/s1. The van der Waals surface area contributed by atoms with Gasteiger partial charge in [-0.25, -0.2) is 4.98 Å². The summed E-state index contributed by atoms with van der Waals surface area (Å²) in [5, 5.41) is 0. The number of oxazole rings is 1. The van der Waals surface area contributed by atoms with Gasteiger partial charge in [0.15, 0.2) is 11.6 Å². The summed E-state index contributed by atoms with van der Waals surface area (Å²) < 4.78 is 5.94. The molecule has 0 N–H and O–H groups in total. The molecule has 31 heavy (non-hydrogen) atoms. The van der Waals surface area contributed by atoms with Crippen LogP contribution < -0.4 is 0 Å². The Morgan fingerprint density at radius 2 is 1.71 bits per heavy atom. The van der Waals surface area contributed by atoms with Crippen molar-refractivity contribution in [3.63, 3.8) is 0 Å². The van der Waals surface area contributed by atoms with Crippen LogP contribution in [-0.4, -0.2) is 52.8 Å². The second kappa shape index (κ2) is 9.67. The van der Waals surface area contributed by atoms with Crippen LogP contribution in [0.3, 0.4) is 0 Å². The molecular formula is C25H33N3O3. The van der Waals surface area contributed by atoms with E-state index in [2.05, 4.69) is 11.9 Å². The first-order valence-electron chi connectivity index (χ1n) is 11.7. The van der Waals surface area contributed by atoms with E-state index in [1.54, 1.807) is 0 Å². The second-order valence-electron chi connectivity index (χ2n) is 8.78. The molecule has 0 bridgehead atoms. The highest BCUT2D eigenvalue weighted by molar-refractivity contribution is 5.93. The Hall–Kier alpha value is -2.63. The molecule has 2 fully saturated rings. The van der Waals surface area contributed by atoms with E-state index in [0.717, 1.165) is 50.8 Å². The highest BCUT2D eigenvalue weighted by Crippen LogP contribution is 2.31. The summed E-state index contributed by atoms with van der Waals surface area (Å²) in [5.41, 5.74) is 1.55. The first kappa shape index (κ1) is 21.6. The number of benzene rings is 1. The fraction of sp³-hybridized carbons (Fsp3) is 0.560. The molecule has 0 aliphatic carbocycles. The Morgan fingerprint density at radius 3 is 2.35 bits per heavy atom. The van der Waals surface area contributed by atoms with E-state index in [-0.39, 0.29) is 23.7 Å². The molecule has 0 radical (unpaired) electrons. The third-order valence-electron chi connectivity index (χ3n) is 6.72. The van der Waals surface area contributed by atoms with Gasteiger partial charge in [-0.3, -0.25) is 9.59 Å². The molecule has 1 atom stereocenters. The summed E-state index contributed by atoms with van der Waals surface area (Å²) >= 11 is 0. The predicted octanol–water partition coefficient (Wildman–Crippen LogP) is 4.51. The van der Waals surface area contributed by atoms with Crippen molar-refractivity contribution in [2.75, 3.05) is 26.2 Å². The molecule has 2 aliphatic heterocycles. The quantitative estimate of drug-likeness (QED) is 0.710. The van der Waals surface area contributed by atoms with Gasteiger partial charge in [0.1, 0.15) is 5.76 Å². The topological polar surface area (TPSA) is 66.7 Å². The van der Waals surface area contributed by atoms with Gasteiger partial charge in [0.05, 0.1) is 5.92 Å². The normalized spacial score (nSPS) is 18.8. The van der Waals surface area contributed by atoms with Crippen LogP contribution in [-0.2, 0) is 4.79 Å². The monoisotopic (exact) mass is 423 g/mol. The number of likely N-dealkylation sites (tertiary alicyclic amines) is 2. The van der Waals surface area contributed by atoms with Crippen molar-refractivity contribution in [2.45, 2.75) is 64.2 Å². The molecular weight excluding hydrogens is 390 g/mol. The average molecular weight is 424 g/mol. The van der Waals surface area contributed by atoms with Gasteiger partial charge in [0, 0.05) is 32.1 Å². The second-order valence-corrected chi connectivity index (χ2v) is 8.78. The number of aryl methyl sites for hydroxylation is 1. The highest BCUT2D eigenvalue weighted by atomic mass is 16.4. The summed E-state index contributed by atoms with van der Waals surface area (Å²) in [6.45, 7) is 6.91. The Kier molecular flexibility index (Phi) is 6.73. The highest BCUT2D eigenvalue weighted by Gasteiger charge is 2.32. The van der Waals surface area contributed by atoms with E-state index in [0.29, 0.717) is 30.4 Å². The van der Waals surface area contributed by atoms with E-state index in [1.165, 1.54) is 6.42 Å². The zero-order valence-corrected chi connectivity index (χ0v) is 18.7. The van der Waals surface area contributed by atoms with Gasteiger partial charge < -0.3 is 14.2 Å². The lowest BCUT2D eigenvalue weighted by atomic mass is 9.92. The van der Waals surface area contributed by atoms with Crippen LogP contribution in [0.2, 0.25) is 0 Å².